The maximum absolute atomic E-state index is 13.3. The highest BCUT2D eigenvalue weighted by atomic mass is 19.4. The van der Waals surface area contributed by atoms with Gasteiger partial charge in [-0.25, -0.2) is 4.79 Å². The summed E-state index contributed by atoms with van der Waals surface area (Å²) in [5, 5.41) is 11.7. The molecule has 8 heteroatoms. The van der Waals surface area contributed by atoms with Gasteiger partial charge in [-0.3, -0.25) is 4.79 Å². The second-order valence-corrected chi connectivity index (χ2v) is 5.36. The van der Waals surface area contributed by atoms with Crippen LogP contribution < -0.4 is 5.32 Å². The molecule has 114 valence electrons. The number of carboxylic acid groups (broad SMARTS) is 1. The molecular weight excluding hydrogens is 277 g/mol. The Morgan fingerprint density at radius 2 is 2.00 bits per heavy atom. The number of hydrogen-bond donors (Lipinski definition) is 2. The molecule has 0 saturated carbocycles. The first-order valence-corrected chi connectivity index (χ1v) is 6.61. The van der Waals surface area contributed by atoms with Crippen LogP contribution in [0.15, 0.2) is 0 Å². The topological polar surface area (TPSA) is 69.6 Å². The highest BCUT2D eigenvalue weighted by Gasteiger charge is 2.63. The van der Waals surface area contributed by atoms with Crippen LogP contribution in [-0.2, 0) is 9.59 Å². The summed E-state index contributed by atoms with van der Waals surface area (Å²) in [5.41, 5.74) is -2.47. The number of carbonyl (C=O) groups excluding carboxylic acids is 1. The molecular formula is C12H17F3N2O3. The molecule has 0 aromatic heterocycles. The molecule has 2 rings (SSSR count). The molecule has 20 heavy (non-hydrogen) atoms. The fraction of sp³-hybridized carbons (Fsp3) is 0.833. The number of hydrogen-bond acceptors (Lipinski definition) is 3. The molecule has 0 aromatic carbocycles. The van der Waals surface area contributed by atoms with Crippen molar-refractivity contribution in [3.63, 3.8) is 0 Å². The Morgan fingerprint density at radius 1 is 1.30 bits per heavy atom. The molecule has 2 saturated heterocycles. The molecule has 2 aliphatic heterocycles. The SMILES string of the molecule is O=C(O)[C@@H]1CCCCN1C(=O)C1(C(F)(F)F)CCNC1. The summed E-state index contributed by atoms with van der Waals surface area (Å²) in [6.07, 6.45) is -3.65. The molecule has 5 nitrogen and oxygen atoms in total. The van der Waals surface area contributed by atoms with Crippen molar-refractivity contribution in [1.82, 2.24) is 10.2 Å². The maximum Gasteiger partial charge on any atom is 0.404 e. The quantitative estimate of drug-likeness (QED) is 0.797. The van der Waals surface area contributed by atoms with E-state index in [1.807, 2.05) is 0 Å². The average Bonchev–Trinajstić information content (AvgIpc) is 2.88. The van der Waals surface area contributed by atoms with Crippen LogP contribution in [0.4, 0.5) is 13.2 Å². The van der Waals surface area contributed by atoms with E-state index in [1.54, 1.807) is 0 Å². The Bertz CT molecular complexity index is 405. The van der Waals surface area contributed by atoms with E-state index in [9.17, 15) is 22.8 Å². The van der Waals surface area contributed by atoms with Gasteiger partial charge >= 0.3 is 12.1 Å². The second-order valence-electron chi connectivity index (χ2n) is 5.36. The van der Waals surface area contributed by atoms with Gasteiger partial charge in [0.25, 0.3) is 0 Å². The zero-order valence-corrected chi connectivity index (χ0v) is 10.9. The van der Waals surface area contributed by atoms with Gasteiger partial charge in [-0.15, -0.1) is 0 Å². The fourth-order valence-corrected chi connectivity index (χ4v) is 2.94. The maximum atomic E-state index is 13.3. The van der Waals surface area contributed by atoms with E-state index in [1.165, 1.54) is 0 Å². The van der Waals surface area contributed by atoms with Crippen molar-refractivity contribution in [2.75, 3.05) is 19.6 Å². The van der Waals surface area contributed by atoms with Gasteiger partial charge < -0.3 is 15.3 Å². The van der Waals surface area contributed by atoms with E-state index in [-0.39, 0.29) is 25.9 Å². The number of amides is 1. The van der Waals surface area contributed by atoms with E-state index >= 15 is 0 Å². The average molecular weight is 294 g/mol. The van der Waals surface area contributed by atoms with Gasteiger partial charge in [-0.2, -0.15) is 13.2 Å². The van der Waals surface area contributed by atoms with Gasteiger partial charge in [0.05, 0.1) is 0 Å². The van der Waals surface area contributed by atoms with E-state index < -0.39 is 36.1 Å². The van der Waals surface area contributed by atoms with Gasteiger partial charge in [-0.05, 0) is 32.2 Å². The molecule has 2 heterocycles. The Hall–Kier alpha value is -1.31. The van der Waals surface area contributed by atoms with Crippen LogP contribution in [0.5, 0.6) is 0 Å². The molecule has 2 atom stereocenters. The lowest BCUT2D eigenvalue weighted by atomic mass is 9.83. The molecule has 2 fully saturated rings. The number of halogens is 3. The molecule has 0 bridgehead atoms. The van der Waals surface area contributed by atoms with E-state index in [0.717, 1.165) is 4.90 Å². The number of carbonyl (C=O) groups is 2. The number of piperidine rings is 1. The van der Waals surface area contributed by atoms with Gasteiger partial charge in [0.15, 0.2) is 5.41 Å². The van der Waals surface area contributed by atoms with Crippen molar-refractivity contribution in [3.05, 3.63) is 0 Å². The molecule has 2 aliphatic rings. The first kappa shape index (κ1) is 15.1. The van der Waals surface area contributed by atoms with Crippen LogP contribution in [0.3, 0.4) is 0 Å². The molecule has 0 radical (unpaired) electrons. The van der Waals surface area contributed by atoms with Crippen LogP contribution in [0.25, 0.3) is 0 Å². The van der Waals surface area contributed by atoms with E-state index in [4.69, 9.17) is 5.11 Å². The molecule has 2 N–H and O–H groups in total. The number of rotatable bonds is 2. The monoisotopic (exact) mass is 294 g/mol. The lowest BCUT2D eigenvalue weighted by molar-refractivity contribution is -0.224. The molecule has 0 spiro atoms. The van der Waals surface area contributed by atoms with Gasteiger partial charge in [0, 0.05) is 13.1 Å². The number of likely N-dealkylation sites (tertiary alicyclic amines) is 1. The highest BCUT2D eigenvalue weighted by molar-refractivity contribution is 5.89. The lowest BCUT2D eigenvalue weighted by Gasteiger charge is -2.40. The second kappa shape index (κ2) is 5.23. The summed E-state index contributed by atoms with van der Waals surface area (Å²) >= 11 is 0. The fourth-order valence-electron chi connectivity index (χ4n) is 2.94. The standard InChI is InChI=1S/C12H17F3N2O3/c13-12(14,15)11(4-5-16-7-11)10(20)17-6-2-1-3-8(17)9(18)19/h8,16H,1-7H2,(H,18,19)/t8-,11?/m0/s1. The van der Waals surface area contributed by atoms with Crippen molar-refractivity contribution < 1.29 is 27.9 Å². The predicted octanol–water partition coefficient (Wildman–Crippen LogP) is 0.994. The Morgan fingerprint density at radius 3 is 2.50 bits per heavy atom. The summed E-state index contributed by atoms with van der Waals surface area (Å²) in [4.78, 5) is 24.4. The normalized spacial score (nSPS) is 31.4. The van der Waals surface area contributed by atoms with Crippen molar-refractivity contribution in [2.45, 2.75) is 37.9 Å². The zero-order valence-electron chi connectivity index (χ0n) is 10.9. The van der Waals surface area contributed by atoms with Crippen molar-refractivity contribution in [3.8, 4) is 0 Å². The Balaban J connectivity index is 2.29. The Labute approximate surface area is 114 Å². The highest BCUT2D eigenvalue weighted by Crippen LogP contribution is 2.45. The zero-order chi connectivity index (χ0) is 15.0. The van der Waals surface area contributed by atoms with Crippen molar-refractivity contribution in [2.24, 2.45) is 5.41 Å². The lowest BCUT2D eigenvalue weighted by Crippen LogP contribution is -2.58. The third kappa shape index (κ3) is 2.36. The van der Waals surface area contributed by atoms with Crippen LogP contribution in [-0.4, -0.2) is 53.7 Å². The summed E-state index contributed by atoms with van der Waals surface area (Å²) < 4.78 is 39.9. The van der Waals surface area contributed by atoms with Crippen LogP contribution in [0.2, 0.25) is 0 Å². The van der Waals surface area contributed by atoms with Crippen LogP contribution in [0.1, 0.15) is 25.7 Å². The first-order chi connectivity index (χ1) is 9.29. The summed E-state index contributed by atoms with van der Waals surface area (Å²) in [5.74, 6) is -2.33. The van der Waals surface area contributed by atoms with E-state index in [2.05, 4.69) is 5.32 Å². The summed E-state index contributed by atoms with van der Waals surface area (Å²) in [6.45, 7) is -0.289. The number of alkyl halides is 3. The largest absolute Gasteiger partial charge is 0.480 e. The first-order valence-electron chi connectivity index (χ1n) is 6.61. The number of nitrogens with one attached hydrogen (secondary N) is 1. The summed E-state index contributed by atoms with van der Waals surface area (Å²) in [7, 11) is 0. The smallest absolute Gasteiger partial charge is 0.404 e. The predicted molar refractivity (Wildman–Crippen MR) is 63.0 cm³/mol. The number of aliphatic carboxylic acids is 1. The van der Waals surface area contributed by atoms with Crippen LogP contribution >= 0.6 is 0 Å². The summed E-state index contributed by atoms with van der Waals surface area (Å²) in [6, 6.07) is -1.14. The Kier molecular flexibility index (Phi) is 3.95. The minimum absolute atomic E-state index is 0.0770. The van der Waals surface area contributed by atoms with E-state index in [0.29, 0.717) is 12.8 Å². The minimum atomic E-state index is -4.67. The number of carboxylic acids is 1. The van der Waals surface area contributed by atoms with Crippen molar-refractivity contribution >= 4 is 11.9 Å². The van der Waals surface area contributed by atoms with Crippen LogP contribution in [0, 0.1) is 5.41 Å². The molecule has 0 aliphatic carbocycles. The third-order valence-corrected chi connectivity index (χ3v) is 4.16. The molecule has 1 unspecified atom stereocenters. The van der Waals surface area contributed by atoms with Gasteiger partial charge in [0.2, 0.25) is 5.91 Å². The molecule has 0 aromatic rings. The van der Waals surface area contributed by atoms with Gasteiger partial charge in [0.1, 0.15) is 6.04 Å². The minimum Gasteiger partial charge on any atom is -0.480 e. The number of nitrogens with zero attached hydrogens (tertiary/aromatic N) is 1. The molecule has 1 amide bonds. The van der Waals surface area contributed by atoms with Crippen molar-refractivity contribution in [1.29, 1.82) is 0 Å². The third-order valence-electron chi connectivity index (χ3n) is 4.16. The van der Waals surface area contributed by atoms with Gasteiger partial charge in [-0.1, -0.05) is 0 Å².